The standard InChI is InChI=1S/C33H29F2N3O4/c1-33(41,24-10-4-9-20(22-14-23(22)32(39)40)28(24)17-5-2-6-17)27-16-37-31(38-27)18-7-3-8-19(13-18)42-30-25(34)15-26-21(29(30)35)11-12-36-26/h3-4,7-13,15-17,22-23,36,41H,2,5-6,14H2,1H3,(H,37,38)(H,39,40)/t22-,23+,33?/m0/s1. The fourth-order valence-electron chi connectivity index (χ4n) is 6.19. The Kier molecular flexibility index (Phi) is 6.16. The number of ether oxygens (including phenoxy) is 1. The molecular formula is C33H29F2N3O4. The Balaban J connectivity index is 1.20. The summed E-state index contributed by atoms with van der Waals surface area (Å²) < 4.78 is 35.3. The number of aromatic amines is 2. The number of imidazole rings is 1. The quantitative estimate of drug-likeness (QED) is 0.156. The second kappa shape index (κ2) is 9.80. The molecule has 2 aliphatic rings. The highest BCUT2D eigenvalue weighted by Crippen LogP contribution is 2.54. The number of aliphatic carboxylic acids is 1. The number of carboxylic acids is 1. The van der Waals surface area contributed by atoms with Crippen LogP contribution in [0.15, 0.2) is 67.0 Å². The second-order valence-corrected chi connectivity index (χ2v) is 11.5. The molecule has 0 saturated heterocycles. The highest BCUT2D eigenvalue weighted by atomic mass is 19.1. The maximum absolute atomic E-state index is 15.0. The molecule has 0 amide bonds. The highest BCUT2D eigenvalue weighted by Gasteiger charge is 2.47. The zero-order chi connectivity index (χ0) is 29.2. The fourth-order valence-corrected chi connectivity index (χ4v) is 6.19. The van der Waals surface area contributed by atoms with Gasteiger partial charge in [0.25, 0.3) is 0 Å². The number of halogens is 2. The van der Waals surface area contributed by atoms with Crippen molar-refractivity contribution in [2.75, 3.05) is 0 Å². The summed E-state index contributed by atoms with van der Waals surface area (Å²) in [6, 6.07) is 15.2. The van der Waals surface area contributed by atoms with Gasteiger partial charge in [-0.05, 0) is 72.9 Å². The summed E-state index contributed by atoms with van der Waals surface area (Å²) in [5, 5.41) is 21.7. The van der Waals surface area contributed by atoms with Crippen LogP contribution in [0.3, 0.4) is 0 Å². The van der Waals surface area contributed by atoms with Crippen molar-refractivity contribution < 1.29 is 28.5 Å². The zero-order valence-electron chi connectivity index (χ0n) is 22.8. The Labute approximate surface area is 240 Å². The lowest BCUT2D eigenvalue weighted by atomic mass is 9.72. The van der Waals surface area contributed by atoms with E-state index in [0.717, 1.165) is 36.0 Å². The molecule has 7 rings (SSSR count). The number of carboxylic acid groups (broad SMARTS) is 1. The van der Waals surface area contributed by atoms with Gasteiger partial charge in [-0.25, -0.2) is 13.8 Å². The normalized spacial score (nSPS) is 19.8. The van der Waals surface area contributed by atoms with Gasteiger partial charge in [0, 0.05) is 23.2 Å². The summed E-state index contributed by atoms with van der Waals surface area (Å²) >= 11 is 0. The molecular weight excluding hydrogens is 540 g/mol. The molecule has 1 unspecified atom stereocenters. The fraction of sp³-hybridized carbons (Fsp3) is 0.273. The zero-order valence-corrected chi connectivity index (χ0v) is 22.8. The molecule has 42 heavy (non-hydrogen) atoms. The van der Waals surface area contributed by atoms with Crippen LogP contribution in [0.4, 0.5) is 8.78 Å². The number of hydrogen-bond acceptors (Lipinski definition) is 4. The third-order valence-electron chi connectivity index (χ3n) is 8.82. The van der Waals surface area contributed by atoms with E-state index in [9.17, 15) is 23.8 Å². The third kappa shape index (κ3) is 4.36. The monoisotopic (exact) mass is 569 g/mol. The number of carbonyl (C=O) groups is 1. The van der Waals surface area contributed by atoms with E-state index in [1.54, 1.807) is 37.4 Å². The number of benzene rings is 3. The number of aliphatic hydroxyl groups is 1. The van der Waals surface area contributed by atoms with Gasteiger partial charge in [-0.3, -0.25) is 4.79 Å². The molecule has 0 radical (unpaired) electrons. The van der Waals surface area contributed by atoms with Crippen LogP contribution in [-0.2, 0) is 10.4 Å². The van der Waals surface area contributed by atoms with Crippen LogP contribution in [0.2, 0.25) is 0 Å². The van der Waals surface area contributed by atoms with Crippen molar-refractivity contribution in [1.82, 2.24) is 15.0 Å². The molecule has 9 heteroatoms. The van der Waals surface area contributed by atoms with E-state index in [1.807, 2.05) is 18.2 Å². The number of hydrogen-bond donors (Lipinski definition) is 4. The first-order valence-corrected chi connectivity index (χ1v) is 14.1. The molecule has 2 aliphatic carbocycles. The first kappa shape index (κ1) is 26.4. The van der Waals surface area contributed by atoms with Crippen molar-refractivity contribution >= 4 is 16.9 Å². The molecule has 214 valence electrons. The Hall–Kier alpha value is -4.50. The lowest BCUT2D eigenvalue weighted by Crippen LogP contribution is -2.28. The van der Waals surface area contributed by atoms with Crippen molar-refractivity contribution in [3.63, 3.8) is 0 Å². The van der Waals surface area contributed by atoms with Gasteiger partial charge in [0.15, 0.2) is 17.4 Å². The van der Waals surface area contributed by atoms with E-state index < -0.39 is 29.0 Å². The van der Waals surface area contributed by atoms with E-state index in [4.69, 9.17) is 4.74 Å². The van der Waals surface area contributed by atoms with Crippen LogP contribution >= 0.6 is 0 Å². The predicted molar refractivity (Wildman–Crippen MR) is 153 cm³/mol. The van der Waals surface area contributed by atoms with E-state index in [0.29, 0.717) is 29.0 Å². The van der Waals surface area contributed by atoms with Gasteiger partial charge < -0.3 is 24.9 Å². The SMILES string of the molecule is CC(O)(c1cnc(-c2cccc(Oc3c(F)cc4[nH]ccc4c3F)c2)[nH]1)c1cccc([C@@H]2C[C@H]2C(=O)O)c1C1CCC1. The van der Waals surface area contributed by atoms with E-state index in [-0.39, 0.29) is 28.9 Å². The van der Waals surface area contributed by atoms with Gasteiger partial charge in [-0.1, -0.05) is 36.8 Å². The van der Waals surface area contributed by atoms with Gasteiger partial charge in [-0.2, -0.15) is 0 Å². The van der Waals surface area contributed by atoms with Crippen LogP contribution in [0.1, 0.15) is 66.8 Å². The molecule has 0 aliphatic heterocycles. The minimum Gasteiger partial charge on any atom is -0.481 e. The Morgan fingerprint density at radius 2 is 1.93 bits per heavy atom. The molecule has 3 atom stereocenters. The minimum atomic E-state index is -1.42. The lowest BCUT2D eigenvalue weighted by Gasteiger charge is -2.35. The van der Waals surface area contributed by atoms with Crippen LogP contribution in [-0.4, -0.2) is 31.1 Å². The summed E-state index contributed by atoms with van der Waals surface area (Å²) in [5.41, 5.74) is 2.82. The topological polar surface area (TPSA) is 111 Å². The number of rotatable bonds is 8. The van der Waals surface area contributed by atoms with Gasteiger partial charge in [-0.15, -0.1) is 0 Å². The van der Waals surface area contributed by atoms with Crippen LogP contribution < -0.4 is 4.74 Å². The van der Waals surface area contributed by atoms with Crippen molar-refractivity contribution in [3.05, 3.63) is 101 Å². The second-order valence-electron chi connectivity index (χ2n) is 11.5. The van der Waals surface area contributed by atoms with Gasteiger partial charge >= 0.3 is 5.97 Å². The minimum absolute atomic E-state index is 0.0402. The molecule has 0 spiro atoms. The number of nitrogens with zero attached hydrogens (tertiary/aromatic N) is 1. The highest BCUT2D eigenvalue weighted by molar-refractivity contribution is 5.82. The van der Waals surface area contributed by atoms with E-state index >= 15 is 0 Å². The number of H-pyrrole nitrogens is 2. The molecule has 7 nitrogen and oxygen atoms in total. The van der Waals surface area contributed by atoms with E-state index in [1.165, 1.54) is 18.3 Å². The van der Waals surface area contributed by atoms with Crippen molar-refractivity contribution in [2.24, 2.45) is 5.92 Å². The molecule has 2 saturated carbocycles. The summed E-state index contributed by atoms with van der Waals surface area (Å²) in [6.45, 7) is 1.72. The summed E-state index contributed by atoms with van der Waals surface area (Å²) in [5.74, 6) is -2.36. The van der Waals surface area contributed by atoms with Gasteiger partial charge in [0.2, 0.25) is 0 Å². The molecule has 4 N–H and O–H groups in total. The van der Waals surface area contributed by atoms with Crippen molar-refractivity contribution in [2.45, 2.75) is 50.0 Å². The van der Waals surface area contributed by atoms with Crippen molar-refractivity contribution in [3.8, 4) is 22.9 Å². The van der Waals surface area contributed by atoms with E-state index in [2.05, 4.69) is 15.0 Å². The molecule has 0 bridgehead atoms. The molecule has 2 fully saturated rings. The lowest BCUT2D eigenvalue weighted by molar-refractivity contribution is -0.138. The number of aromatic nitrogens is 3. The summed E-state index contributed by atoms with van der Waals surface area (Å²) in [6.07, 6.45) is 6.84. The molecule has 5 aromatic rings. The first-order chi connectivity index (χ1) is 20.2. The Bertz CT molecular complexity index is 1840. The maximum Gasteiger partial charge on any atom is 0.307 e. The molecule has 2 aromatic heterocycles. The third-order valence-corrected chi connectivity index (χ3v) is 8.82. The Morgan fingerprint density at radius 3 is 2.67 bits per heavy atom. The molecule has 3 aromatic carbocycles. The average molecular weight is 570 g/mol. The smallest absolute Gasteiger partial charge is 0.307 e. The summed E-state index contributed by atoms with van der Waals surface area (Å²) in [7, 11) is 0. The number of fused-ring (bicyclic) bond motifs is 1. The Morgan fingerprint density at radius 1 is 1.12 bits per heavy atom. The van der Waals surface area contributed by atoms with Gasteiger partial charge in [0.1, 0.15) is 17.2 Å². The van der Waals surface area contributed by atoms with Gasteiger partial charge in [0.05, 0.1) is 23.3 Å². The maximum atomic E-state index is 15.0. The predicted octanol–water partition coefficient (Wildman–Crippen LogP) is 7.34. The van der Waals surface area contributed by atoms with Crippen molar-refractivity contribution in [1.29, 1.82) is 0 Å². The van der Waals surface area contributed by atoms with Crippen LogP contribution in [0.25, 0.3) is 22.3 Å². The number of nitrogens with one attached hydrogen (secondary N) is 2. The first-order valence-electron chi connectivity index (χ1n) is 14.1. The average Bonchev–Trinajstić information content (AvgIpc) is 3.33. The largest absolute Gasteiger partial charge is 0.481 e. The molecule has 2 heterocycles. The summed E-state index contributed by atoms with van der Waals surface area (Å²) in [4.78, 5) is 22.2. The van der Waals surface area contributed by atoms with Crippen LogP contribution in [0.5, 0.6) is 11.5 Å². The van der Waals surface area contributed by atoms with Crippen LogP contribution in [0, 0.1) is 17.6 Å².